The highest BCUT2D eigenvalue weighted by Gasteiger charge is 2.44. The SMILES string of the molecule is O=C(c1ccc(F)cc1F)C(F)(F)c1ccc2ccccc2n1. The van der Waals surface area contributed by atoms with E-state index in [1.165, 1.54) is 12.1 Å². The average Bonchev–Trinajstić information content (AvgIpc) is 2.53. The van der Waals surface area contributed by atoms with Crippen molar-refractivity contribution in [3.8, 4) is 0 Å². The van der Waals surface area contributed by atoms with Gasteiger partial charge < -0.3 is 0 Å². The Kier molecular flexibility index (Phi) is 3.60. The highest BCUT2D eigenvalue weighted by Crippen LogP contribution is 2.32. The van der Waals surface area contributed by atoms with Crippen molar-refractivity contribution < 1.29 is 22.4 Å². The molecule has 0 saturated heterocycles. The highest BCUT2D eigenvalue weighted by molar-refractivity contribution is 6.02. The number of carbonyl (C=O) groups is 1. The van der Waals surface area contributed by atoms with Crippen molar-refractivity contribution in [2.75, 3.05) is 0 Å². The number of alkyl halides is 2. The van der Waals surface area contributed by atoms with Gasteiger partial charge in [-0.05, 0) is 24.3 Å². The number of aromatic nitrogens is 1. The average molecular weight is 319 g/mol. The summed E-state index contributed by atoms with van der Waals surface area (Å²) in [5.41, 5.74) is -1.38. The quantitative estimate of drug-likeness (QED) is 0.526. The maximum atomic E-state index is 14.4. The van der Waals surface area contributed by atoms with E-state index in [-0.39, 0.29) is 5.52 Å². The van der Waals surface area contributed by atoms with Crippen LogP contribution in [-0.2, 0) is 5.92 Å². The van der Waals surface area contributed by atoms with Crippen molar-refractivity contribution in [1.29, 1.82) is 0 Å². The minimum atomic E-state index is -4.03. The molecule has 1 heterocycles. The molecule has 23 heavy (non-hydrogen) atoms. The van der Waals surface area contributed by atoms with Gasteiger partial charge in [-0.1, -0.05) is 24.3 Å². The largest absolute Gasteiger partial charge is 0.351 e. The summed E-state index contributed by atoms with van der Waals surface area (Å²) in [6.45, 7) is 0. The molecule has 0 fully saturated rings. The fourth-order valence-corrected chi connectivity index (χ4v) is 2.20. The van der Waals surface area contributed by atoms with Gasteiger partial charge in [0.1, 0.15) is 17.3 Å². The molecule has 2 aromatic carbocycles. The van der Waals surface area contributed by atoms with Gasteiger partial charge in [-0.15, -0.1) is 0 Å². The van der Waals surface area contributed by atoms with Gasteiger partial charge in [0.05, 0.1) is 11.1 Å². The molecule has 3 rings (SSSR count). The monoisotopic (exact) mass is 319 g/mol. The van der Waals surface area contributed by atoms with Crippen LogP contribution >= 0.6 is 0 Å². The number of fused-ring (bicyclic) bond motifs is 1. The molecule has 0 amide bonds. The van der Waals surface area contributed by atoms with E-state index in [0.717, 1.165) is 12.1 Å². The Balaban J connectivity index is 2.06. The Hall–Kier alpha value is -2.76. The predicted molar refractivity (Wildman–Crippen MR) is 76.3 cm³/mol. The summed E-state index contributed by atoms with van der Waals surface area (Å²) in [5.74, 6) is -8.08. The topological polar surface area (TPSA) is 30.0 Å². The summed E-state index contributed by atoms with van der Waals surface area (Å²) in [7, 11) is 0. The third-order valence-corrected chi connectivity index (χ3v) is 3.38. The van der Waals surface area contributed by atoms with Crippen molar-refractivity contribution in [3.63, 3.8) is 0 Å². The molecular weight excluding hydrogens is 310 g/mol. The lowest BCUT2D eigenvalue weighted by atomic mass is 10.0. The first-order valence-electron chi connectivity index (χ1n) is 6.63. The summed E-state index contributed by atoms with van der Waals surface area (Å²) in [6, 6.07) is 10.8. The fourth-order valence-electron chi connectivity index (χ4n) is 2.20. The van der Waals surface area contributed by atoms with Crippen molar-refractivity contribution in [3.05, 3.63) is 77.5 Å². The minimum absolute atomic E-state index is 0.289. The Labute approximate surface area is 128 Å². The highest BCUT2D eigenvalue weighted by atomic mass is 19.3. The number of nitrogens with zero attached hydrogens (tertiary/aromatic N) is 1. The van der Waals surface area contributed by atoms with Gasteiger partial charge in [0.25, 0.3) is 0 Å². The molecule has 0 aliphatic rings. The first kappa shape index (κ1) is 15.1. The van der Waals surface area contributed by atoms with Crippen molar-refractivity contribution >= 4 is 16.7 Å². The Morgan fingerprint density at radius 3 is 2.43 bits per heavy atom. The summed E-state index contributed by atoms with van der Waals surface area (Å²) in [6.07, 6.45) is 0. The van der Waals surface area contributed by atoms with Crippen LogP contribution in [0.2, 0.25) is 0 Å². The predicted octanol–water partition coefficient (Wildman–Crippen LogP) is 4.49. The molecule has 0 saturated carbocycles. The molecule has 6 heteroatoms. The van der Waals surface area contributed by atoms with Gasteiger partial charge >= 0.3 is 5.92 Å². The number of Topliss-reactive ketones (excluding diaryl/α,β-unsaturated/α-hetero) is 1. The maximum absolute atomic E-state index is 14.4. The number of ketones is 1. The summed E-state index contributed by atoms with van der Waals surface area (Å²) < 4.78 is 55.2. The molecule has 0 aliphatic heterocycles. The zero-order valence-corrected chi connectivity index (χ0v) is 11.6. The Bertz CT molecular complexity index is 908. The van der Waals surface area contributed by atoms with E-state index in [4.69, 9.17) is 0 Å². The van der Waals surface area contributed by atoms with Crippen LogP contribution in [0.1, 0.15) is 16.1 Å². The molecule has 116 valence electrons. The van der Waals surface area contributed by atoms with Gasteiger partial charge in [-0.2, -0.15) is 8.78 Å². The fraction of sp³-hybridized carbons (Fsp3) is 0.0588. The van der Waals surface area contributed by atoms with E-state index in [9.17, 15) is 22.4 Å². The van der Waals surface area contributed by atoms with Crippen LogP contribution in [0.5, 0.6) is 0 Å². The number of hydrogen-bond acceptors (Lipinski definition) is 2. The summed E-state index contributed by atoms with van der Waals surface area (Å²) >= 11 is 0. The smallest absolute Gasteiger partial charge is 0.287 e. The second kappa shape index (κ2) is 5.46. The minimum Gasteiger partial charge on any atom is -0.287 e. The number of halogens is 4. The third kappa shape index (κ3) is 2.67. The van der Waals surface area contributed by atoms with Crippen molar-refractivity contribution in [2.24, 2.45) is 0 Å². The van der Waals surface area contributed by atoms with E-state index in [1.54, 1.807) is 18.2 Å². The van der Waals surface area contributed by atoms with Gasteiger partial charge in [0.2, 0.25) is 5.78 Å². The second-order valence-electron chi connectivity index (χ2n) is 4.92. The van der Waals surface area contributed by atoms with Crippen LogP contribution in [0.25, 0.3) is 10.9 Å². The van der Waals surface area contributed by atoms with E-state index in [0.29, 0.717) is 17.5 Å². The first-order valence-corrected chi connectivity index (χ1v) is 6.63. The molecule has 0 N–H and O–H groups in total. The van der Waals surface area contributed by atoms with E-state index in [2.05, 4.69) is 4.98 Å². The normalized spacial score (nSPS) is 11.7. The summed E-state index contributed by atoms with van der Waals surface area (Å²) in [5, 5.41) is 0.632. The number of rotatable bonds is 3. The van der Waals surface area contributed by atoms with Crippen LogP contribution < -0.4 is 0 Å². The van der Waals surface area contributed by atoms with Crippen LogP contribution in [0, 0.1) is 11.6 Å². The number of pyridine rings is 1. The molecule has 2 nitrogen and oxygen atoms in total. The van der Waals surface area contributed by atoms with Gasteiger partial charge in [0.15, 0.2) is 0 Å². The molecule has 0 radical (unpaired) electrons. The van der Waals surface area contributed by atoms with Gasteiger partial charge in [0, 0.05) is 11.5 Å². The van der Waals surface area contributed by atoms with Crippen LogP contribution in [0.15, 0.2) is 54.6 Å². The number of para-hydroxylation sites is 1. The molecule has 0 bridgehead atoms. The lowest BCUT2D eigenvalue weighted by Gasteiger charge is -2.15. The molecule has 0 spiro atoms. The van der Waals surface area contributed by atoms with E-state index >= 15 is 0 Å². The van der Waals surface area contributed by atoms with Crippen LogP contribution in [0.3, 0.4) is 0 Å². The van der Waals surface area contributed by atoms with Crippen molar-refractivity contribution in [2.45, 2.75) is 5.92 Å². The lowest BCUT2D eigenvalue weighted by Crippen LogP contribution is -2.28. The zero-order valence-electron chi connectivity index (χ0n) is 11.6. The Morgan fingerprint density at radius 2 is 1.70 bits per heavy atom. The van der Waals surface area contributed by atoms with Crippen LogP contribution in [0.4, 0.5) is 17.6 Å². The third-order valence-electron chi connectivity index (χ3n) is 3.38. The first-order chi connectivity index (χ1) is 10.9. The van der Waals surface area contributed by atoms with Gasteiger partial charge in [-0.25, -0.2) is 13.8 Å². The Morgan fingerprint density at radius 1 is 0.957 bits per heavy atom. The number of hydrogen-bond donors (Lipinski definition) is 0. The molecular formula is C17H9F4NO. The lowest BCUT2D eigenvalue weighted by molar-refractivity contribution is 0.00446. The van der Waals surface area contributed by atoms with Crippen molar-refractivity contribution in [1.82, 2.24) is 4.98 Å². The second-order valence-corrected chi connectivity index (χ2v) is 4.92. The molecule has 0 unspecified atom stereocenters. The maximum Gasteiger partial charge on any atom is 0.351 e. The molecule has 1 aromatic heterocycles. The van der Waals surface area contributed by atoms with Gasteiger partial charge in [-0.3, -0.25) is 4.79 Å². The standard InChI is InChI=1S/C17H9F4NO/c18-11-6-7-12(13(19)9-11)16(23)17(20,21)15-8-5-10-3-1-2-4-14(10)22-15/h1-9H. The molecule has 0 aliphatic carbocycles. The molecule has 3 aromatic rings. The molecule has 0 atom stereocenters. The number of carbonyl (C=O) groups excluding carboxylic acids is 1. The zero-order chi connectivity index (χ0) is 16.6. The number of benzene rings is 2. The van der Waals surface area contributed by atoms with Crippen LogP contribution in [-0.4, -0.2) is 10.8 Å². The summed E-state index contributed by atoms with van der Waals surface area (Å²) in [4.78, 5) is 15.8. The van der Waals surface area contributed by atoms with E-state index < -0.39 is 34.6 Å². The van der Waals surface area contributed by atoms with E-state index in [1.807, 2.05) is 0 Å².